The lowest BCUT2D eigenvalue weighted by molar-refractivity contribution is -0.123. The molecule has 0 spiro atoms. The average Bonchev–Trinajstić information content (AvgIpc) is 3.65. The molecule has 0 aliphatic heterocycles. The molecule has 0 aliphatic carbocycles. The van der Waals surface area contributed by atoms with E-state index in [0.29, 0.717) is 12.8 Å². The van der Waals surface area contributed by atoms with Crippen LogP contribution in [0.15, 0.2) is 60.9 Å². The number of rotatable bonds is 13. The number of aromatic nitrogens is 4. The van der Waals surface area contributed by atoms with Gasteiger partial charge in [-0.25, -0.2) is 9.97 Å². The van der Waals surface area contributed by atoms with Gasteiger partial charge in [-0.1, -0.05) is 76.2 Å². The third-order valence-electron chi connectivity index (χ3n) is 7.94. The van der Waals surface area contributed by atoms with Gasteiger partial charge in [0.05, 0.1) is 23.8 Å². The van der Waals surface area contributed by atoms with Gasteiger partial charge < -0.3 is 20.6 Å². The molecule has 234 valence electrons. The van der Waals surface area contributed by atoms with Crippen molar-refractivity contribution in [3.8, 4) is 33.6 Å². The summed E-state index contributed by atoms with van der Waals surface area (Å²) in [6.07, 6.45) is 4.53. The summed E-state index contributed by atoms with van der Waals surface area (Å²) >= 11 is 0. The summed E-state index contributed by atoms with van der Waals surface area (Å²) in [5.74, 6) is 2.37. The molecule has 44 heavy (non-hydrogen) atoms. The van der Waals surface area contributed by atoms with Crippen LogP contribution in [0.1, 0.15) is 91.7 Å². The Balaban J connectivity index is 1.44. The first-order valence-electron chi connectivity index (χ1n) is 15.8. The van der Waals surface area contributed by atoms with Gasteiger partial charge in [0.25, 0.3) is 0 Å². The molecule has 4 rings (SSSR count). The van der Waals surface area contributed by atoms with E-state index in [1.807, 2.05) is 40.1 Å². The number of aromatic amines is 2. The summed E-state index contributed by atoms with van der Waals surface area (Å²) in [4.78, 5) is 41.1. The molecule has 8 nitrogen and oxygen atoms in total. The van der Waals surface area contributed by atoms with Crippen molar-refractivity contribution in [1.82, 2.24) is 30.6 Å². The second-order valence-electron chi connectivity index (χ2n) is 13.1. The molecule has 2 heterocycles. The Morgan fingerprint density at radius 3 is 1.18 bits per heavy atom. The molecule has 2 amide bonds. The molecule has 0 saturated carbocycles. The number of hydrogen-bond donors (Lipinski definition) is 4. The molecule has 2 aromatic heterocycles. The molecule has 0 unspecified atom stereocenters. The second kappa shape index (κ2) is 14.5. The van der Waals surface area contributed by atoms with Crippen LogP contribution in [-0.4, -0.2) is 43.8 Å². The van der Waals surface area contributed by atoms with E-state index >= 15 is 0 Å². The van der Waals surface area contributed by atoms with E-state index in [-0.39, 0.29) is 47.6 Å². The van der Waals surface area contributed by atoms with E-state index in [1.165, 1.54) is 0 Å². The number of carbonyl (C=O) groups is 2. The van der Waals surface area contributed by atoms with Crippen LogP contribution < -0.4 is 10.6 Å². The second-order valence-corrected chi connectivity index (χ2v) is 13.1. The lowest BCUT2D eigenvalue weighted by Gasteiger charge is -2.19. The Hall–Kier alpha value is -4.20. The SMILES string of the molecule is CC(C)NC(=O)C[C@H](c1ncc(-c2ccc(-c3ccc(-c4cnc([C@@H](CC(=O)NC(C)C)C(C)C)[nH]4)cc3)cc2)[nH]1)C(C)C. The highest BCUT2D eigenvalue weighted by Gasteiger charge is 2.24. The normalized spacial score (nSPS) is 13.1. The molecule has 0 bridgehead atoms. The van der Waals surface area contributed by atoms with Gasteiger partial charge in [-0.05, 0) is 61.8 Å². The summed E-state index contributed by atoms with van der Waals surface area (Å²) in [5.41, 5.74) is 6.20. The minimum absolute atomic E-state index is 0.0203. The monoisotopic (exact) mass is 596 g/mol. The van der Waals surface area contributed by atoms with Crippen molar-refractivity contribution in [2.75, 3.05) is 0 Å². The van der Waals surface area contributed by atoms with Crippen molar-refractivity contribution in [2.24, 2.45) is 11.8 Å². The quantitative estimate of drug-likeness (QED) is 0.128. The van der Waals surface area contributed by atoms with E-state index < -0.39 is 0 Å². The van der Waals surface area contributed by atoms with E-state index in [0.717, 1.165) is 45.3 Å². The molecule has 2 atom stereocenters. The third-order valence-corrected chi connectivity index (χ3v) is 7.94. The van der Waals surface area contributed by atoms with E-state index in [4.69, 9.17) is 0 Å². The lowest BCUT2D eigenvalue weighted by atomic mass is 9.91. The van der Waals surface area contributed by atoms with Crippen LogP contribution in [0.3, 0.4) is 0 Å². The predicted octanol–water partition coefficient (Wildman–Crippen LogP) is 7.44. The number of amides is 2. The fourth-order valence-electron chi connectivity index (χ4n) is 5.49. The van der Waals surface area contributed by atoms with Crippen molar-refractivity contribution in [2.45, 2.75) is 92.2 Å². The number of benzene rings is 2. The van der Waals surface area contributed by atoms with Crippen molar-refractivity contribution >= 4 is 11.8 Å². The average molecular weight is 597 g/mol. The standard InChI is InChI=1S/C36H48N6O2/c1-21(2)29(17-33(43)39-23(5)6)35-37-19-31(41-35)27-13-9-25(10-14-27)26-11-15-28(16-12-26)32-20-38-36(42-32)30(22(3)4)18-34(44)40-24(7)8/h9-16,19-24,29-30H,17-18H2,1-8H3,(H,37,41)(H,38,42)(H,39,43)(H,40,44)/t29-,30-/m0/s1. The van der Waals surface area contributed by atoms with Gasteiger partial charge in [0.15, 0.2) is 0 Å². The molecular weight excluding hydrogens is 548 g/mol. The van der Waals surface area contributed by atoms with E-state index in [9.17, 15) is 9.59 Å². The van der Waals surface area contributed by atoms with Gasteiger partial charge in [-0.15, -0.1) is 0 Å². The van der Waals surface area contributed by atoms with Crippen LogP contribution in [0, 0.1) is 11.8 Å². The number of nitrogens with zero attached hydrogens (tertiary/aromatic N) is 2. The zero-order chi connectivity index (χ0) is 32.0. The minimum Gasteiger partial charge on any atom is -0.354 e. The summed E-state index contributed by atoms with van der Waals surface area (Å²) in [7, 11) is 0. The maximum atomic E-state index is 12.4. The molecule has 0 radical (unpaired) electrons. The van der Waals surface area contributed by atoms with Gasteiger partial charge in [-0.2, -0.15) is 0 Å². The van der Waals surface area contributed by atoms with E-state index in [1.54, 1.807) is 0 Å². The summed E-state index contributed by atoms with van der Waals surface area (Å²) in [6.45, 7) is 16.4. The largest absolute Gasteiger partial charge is 0.354 e. The van der Waals surface area contributed by atoms with Crippen LogP contribution in [0.25, 0.3) is 33.6 Å². The molecular formula is C36H48N6O2. The highest BCUT2D eigenvalue weighted by atomic mass is 16.2. The van der Waals surface area contributed by atoms with E-state index in [2.05, 4.69) is 107 Å². The van der Waals surface area contributed by atoms with Crippen LogP contribution in [0.2, 0.25) is 0 Å². The Morgan fingerprint density at radius 1 is 0.568 bits per heavy atom. The Bertz CT molecular complexity index is 1400. The number of carbonyl (C=O) groups excluding carboxylic acids is 2. The van der Waals surface area contributed by atoms with Crippen LogP contribution in [0.4, 0.5) is 0 Å². The van der Waals surface area contributed by atoms with Crippen LogP contribution in [0.5, 0.6) is 0 Å². The fraction of sp³-hybridized carbons (Fsp3) is 0.444. The van der Waals surface area contributed by atoms with Gasteiger partial charge in [0, 0.05) is 36.8 Å². The summed E-state index contributed by atoms with van der Waals surface area (Å²) in [5, 5.41) is 5.98. The first-order chi connectivity index (χ1) is 20.9. The van der Waals surface area contributed by atoms with Crippen molar-refractivity contribution in [3.63, 3.8) is 0 Å². The Morgan fingerprint density at radius 2 is 0.886 bits per heavy atom. The first-order valence-corrected chi connectivity index (χ1v) is 15.8. The molecule has 0 aliphatic rings. The smallest absolute Gasteiger partial charge is 0.220 e. The number of nitrogens with one attached hydrogen (secondary N) is 4. The minimum atomic E-state index is 0.0203. The zero-order valence-corrected chi connectivity index (χ0v) is 27.4. The maximum Gasteiger partial charge on any atom is 0.220 e. The maximum absolute atomic E-state index is 12.4. The van der Waals surface area contributed by atoms with Crippen LogP contribution >= 0.6 is 0 Å². The van der Waals surface area contributed by atoms with Crippen molar-refractivity contribution < 1.29 is 9.59 Å². The van der Waals surface area contributed by atoms with Gasteiger partial charge in [0.1, 0.15) is 11.6 Å². The summed E-state index contributed by atoms with van der Waals surface area (Å²) < 4.78 is 0. The molecule has 0 saturated heterocycles. The predicted molar refractivity (Wildman–Crippen MR) is 178 cm³/mol. The van der Waals surface area contributed by atoms with Gasteiger partial charge in [0.2, 0.25) is 11.8 Å². The lowest BCUT2D eigenvalue weighted by Crippen LogP contribution is -2.32. The highest BCUT2D eigenvalue weighted by molar-refractivity contribution is 5.78. The molecule has 4 N–H and O–H groups in total. The first kappa shape index (κ1) is 32.7. The molecule has 4 aromatic rings. The molecule has 8 heteroatoms. The number of hydrogen-bond acceptors (Lipinski definition) is 4. The zero-order valence-electron chi connectivity index (χ0n) is 27.4. The topological polar surface area (TPSA) is 116 Å². The van der Waals surface area contributed by atoms with Crippen molar-refractivity contribution in [1.29, 1.82) is 0 Å². The summed E-state index contributed by atoms with van der Waals surface area (Å²) in [6, 6.07) is 17.1. The number of H-pyrrole nitrogens is 2. The van der Waals surface area contributed by atoms with Gasteiger partial charge >= 0.3 is 0 Å². The van der Waals surface area contributed by atoms with Crippen LogP contribution in [-0.2, 0) is 9.59 Å². The van der Waals surface area contributed by atoms with Crippen molar-refractivity contribution in [3.05, 3.63) is 72.6 Å². The fourth-order valence-corrected chi connectivity index (χ4v) is 5.49. The Labute approximate surface area is 261 Å². The third kappa shape index (κ3) is 8.46. The van der Waals surface area contributed by atoms with Gasteiger partial charge in [-0.3, -0.25) is 9.59 Å². The number of imidazole rings is 2. The Kier molecular flexibility index (Phi) is 10.8. The molecule has 2 aromatic carbocycles. The molecule has 0 fully saturated rings. The highest BCUT2D eigenvalue weighted by Crippen LogP contribution is 2.31.